The Balaban J connectivity index is 1.56. The Morgan fingerprint density at radius 3 is 2.27 bits per heavy atom. The molecule has 41 heavy (non-hydrogen) atoms. The topological polar surface area (TPSA) is 104 Å². The zero-order chi connectivity index (χ0) is 29.8. The first-order valence-corrected chi connectivity index (χ1v) is 15.7. The van der Waals surface area contributed by atoms with Gasteiger partial charge in [-0.25, -0.2) is 0 Å². The molecule has 0 spiro atoms. The summed E-state index contributed by atoms with van der Waals surface area (Å²) < 4.78 is 6.82. The van der Waals surface area contributed by atoms with E-state index in [1.807, 2.05) is 6.08 Å². The number of carbonyl (C=O) groups excluding carboxylic acids is 4. The predicted octanol–water partition coefficient (Wildman–Crippen LogP) is 5.88. The van der Waals surface area contributed by atoms with Crippen LogP contribution < -0.4 is 9.64 Å². The number of amides is 4. The van der Waals surface area contributed by atoms with E-state index in [0.29, 0.717) is 21.3 Å². The molecule has 13 heteroatoms. The smallest absolute Gasteiger partial charge is 0.253 e. The number of fused-ring (bicyclic) bond motifs is 4. The number of likely N-dealkylation sites (tertiary alicyclic amines) is 1. The molecule has 2 aromatic rings. The van der Waals surface area contributed by atoms with Crippen molar-refractivity contribution in [3.63, 3.8) is 0 Å². The van der Waals surface area contributed by atoms with Crippen LogP contribution in [0, 0.1) is 17.8 Å². The van der Waals surface area contributed by atoms with Crippen LogP contribution in [0.15, 0.2) is 55.4 Å². The van der Waals surface area contributed by atoms with E-state index in [0.717, 1.165) is 9.37 Å². The van der Waals surface area contributed by atoms with Crippen molar-refractivity contribution in [1.29, 1.82) is 0 Å². The van der Waals surface area contributed by atoms with Gasteiger partial charge in [-0.3, -0.25) is 29.0 Å². The second-order valence-electron chi connectivity index (χ2n) is 10.6. The molecule has 0 bridgehead atoms. The molecule has 2 heterocycles. The van der Waals surface area contributed by atoms with Crippen LogP contribution in [0.4, 0.5) is 5.69 Å². The molecule has 8 nitrogen and oxygen atoms in total. The molecule has 0 aromatic heterocycles. The maximum absolute atomic E-state index is 14.0. The van der Waals surface area contributed by atoms with Gasteiger partial charge in [-0.15, -0.1) is 23.2 Å². The standard InChI is InChI=1S/C28H21Br3Cl2N2O6/c1-34-25(39)27(32)10-16-13(7-8-14-18(16)24(38)35(23(14)37)12-5-3-11(29)4-6-12)19(28(27,33)26(34)40)15-9-17(41-2)22(36)21(31)20(15)30/h3-7,9,14,16,18-19,36H,8,10H2,1-2H3. The molecule has 4 aliphatic rings. The number of hydrogen-bond acceptors (Lipinski definition) is 6. The predicted molar refractivity (Wildman–Crippen MR) is 162 cm³/mol. The second-order valence-corrected chi connectivity index (χ2v) is 14.4. The number of anilines is 1. The third-order valence-electron chi connectivity index (χ3n) is 8.80. The van der Waals surface area contributed by atoms with Gasteiger partial charge >= 0.3 is 0 Å². The van der Waals surface area contributed by atoms with Crippen molar-refractivity contribution in [3.05, 3.63) is 61.0 Å². The normalized spacial score (nSPS) is 32.6. The van der Waals surface area contributed by atoms with E-state index in [4.69, 9.17) is 27.9 Å². The van der Waals surface area contributed by atoms with Crippen LogP contribution in [-0.4, -0.2) is 57.5 Å². The van der Waals surface area contributed by atoms with Gasteiger partial charge in [-0.1, -0.05) is 27.6 Å². The van der Waals surface area contributed by atoms with Crippen molar-refractivity contribution in [1.82, 2.24) is 4.90 Å². The van der Waals surface area contributed by atoms with Gasteiger partial charge in [0.1, 0.15) is 0 Å². The molecule has 6 rings (SSSR count). The number of carbonyl (C=O) groups is 4. The van der Waals surface area contributed by atoms with Crippen molar-refractivity contribution in [2.45, 2.75) is 28.5 Å². The summed E-state index contributed by atoms with van der Waals surface area (Å²) in [6.07, 6.45) is 1.97. The number of nitrogens with zero attached hydrogens (tertiary/aromatic N) is 2. The lowest BCUT2D eigenvalue weighted by atomic mass is 9.56. The lowest BCUT2D eigenvalue weighted by Crippen LogP contribution is -2.60. The number of phenolic OH excluding ortho intramolecular Hbond substituents is 1. The van der Waals surface area contributed by atoms with Crippen molar-refractivity contribution < 1.29 is 29.0 Å². The number of halogens is 5. The molecular weight excluding hydrogens is 771 g/mol. The molecule has 2 aromatic carbocycles. The van der Waals surface area contributed by atoms with Crippen molar-refractivity contribution >= 4 is 100 Å². The Kier molecular flexibility index (Phi) is 6.97. The molecule has 2 aliphatic carbocycles. The summed E-state index contributed by atoms with van der Waals surface area (Å²) in [4.78, 5) is 53.3. The van der Waals surface area contributed by atoms with Crippen molar-refractivity contribution in [2.24, 2.45) is 17.8 Å². The molecule has 2 saturated heterocycles. The number of phenols is 1. The highest BCUT2D eigenvalue weighted by molar-refractivity contribution is 9.13. The van der Waals surface area contributed by atoms with E-state index in [1.54, 1.807) is 24.3 Å². The number of ether oxygens (including phenoxy) is 1. The van der Waals surface area contributed by atoms with Gasteiger partial charge in [-0.05, 0) is 86.5 Å². The molecule has 214 valence electrons. The minimum atomic E-state index is -1.96. The van der Waals surface area contributed by atoms with Gasteiger partial charge in [-0.2, -0.15) is 0 Å². The van der Waals surface area contributed by atoms with Gasteiger partial charge < -0.3 is 9.84 Å². The lowest BCUT2D eigenvalue weighted by molar-refractivity contribution is -0.138. The summed E-state index contributed by atoms with van der Waals surface area (Å²) in [6, 6.07) is 8.42. The largest absolute Gasteiger partial charge is 0.503 e. The Labute approximate surface area is 270 Å². The first kappa shape index (κ1) is 29.2. The van der Waals surface area contributed by atoms with Crippen LogP contribution in [0.25, 0.3) is 0 Å². The van der Waals surface area contributed by atoms with Crippen LogP contribution in [-0.2, 0) is 19.2 Å². The first-order chi connectivity index (χ1) is 19.3. The molecule has 0 radical (unpaired) electrons. The maximum atomic E-state index is 14.0. The highest BCUT2D eigenvalue weighted by Gasteiger charge is 2.76. The summed E-state index contributed by atoms with van der Waals surface area (Å²) in [5.74, 6) is -5.32. The molecule has 6 atom stereocenters. The third-order valence-corrected chi connectivity index (χ3v) is 12.9. The summed E-state index contributed by atoms with van der Waals surface area (Å²) >= 11 is 24.7. The van der Waals surface area contributed by atoms with E-state index in [-0.39, 0.29) is 34.7 Å². The zero-order valence-electron chi connectivity index (χ0n) is 21.5. The minimum absolute atomic E-state index is 0.102. The summed E-state index contributed by atoms with van der Waals surface area (Å²) in [5.41, 5.74) is 1.51. The number of methoxy groups -OCH3 is 1. The van der Waals surface area contributed by atoms with Crippen molar-refractivity contribution in [3.8, 4) is 11.5 Å². The van der Waals surface area contributed by atoms with Gasteiger partial charge in [0.05, 0.1) is 29.1 Å². The third kappa shape index (κ3) is 3.74. The number of hydrogen-bond donors (Lipinski definition) is 1. The Morgan fingerprint density at radius 2 is 1.63 bits per heavy atom. The van der Waals surface area contributed by atoms with E-state index >= 15 is 0 Å². The van der Waals surface area contributed by atoms with Crippen LogP contribution >= 0.6 is 71.0 Å². The molecule has 1 saturated carbocycles. The average Bonchev–Trinajstić information content (AvgIpc) is 3.28. The fourth-order valence-electron chi connectivity index (χ4n) is 6.91. The summed E-state index contributed by atoms with van der Waals surface area (Å²) in [5, 5.41) is 10.6. The van der Waals surface area contributed by atoms with Gasteiger partial charge in [0.25, 0.3) is 11.8 Å². The molecule has 1 N–H and O–H groups in total. The number of benzene rings is 2. The number of aromatic hydroxyl groups is 1. The van der Waals surface area contributed by atoms with Crippen LogP contribution in [0.5, 0.6) is 11.5 Å². The molecule has 6 unspecified atom stereocenters. The highest BCUT2D eigenvalue weighted by Crippen LogP contribution is 2.66. The Bertz CT molecular complexity index is 1600. The SMILES string of the molecule is COc1cc(C2C3=CCC4C(=O)N(c5ccc(Br)cc5)C(=O)C4C3CC3(Cl)C(=O)N(C)C(=O)C23Cl)c(Br)c(Br)c1O. The van der Waals surface area contributed by atoms with Gasteiger partial charge in [0, 0.05) is 21.9 Å². The highest BCUT2D eigenvalue weighted by atomic mass is 79.9. The Hall–Kier alpha value is -1.92. The van der Waals surface area contributed by atoms with Crippen LogP contribution in [0.2, 0.25) is 0 Å². The van der Waals surface area contributed by atoms with E-state index in [9.17, 15) is 24.3 Å². The fraction of sp³-hybridized carbons (Fsp3) is 0.357. The van der Waals surface area contributed by atoms with E-state index in [1.165, 1.54) is 25.1 Å². The maximum Gasteiger partial charge on any atom is 0.253 e. The molecule has 2 aliphatic heterocycles. The minimum Gasteiger partial charge on any atom is -0.503 e. The molecular formula is C28H21Br3Cl2N2O6. The molecule has 4 amide bonds. The molecule has 3 fully saturated rings. The van der Waals surface area contributed by atoms with Gasteiger partial charge in [0.2, 0.25) is 11.8 Å². The monoisotopic (exact) mass is 788 g/mol. The fourth-order valence-corrected chi connectivity index (χ4v) is 9.14. The second kappa shape index (κ2) is 9.80. The van der Waals surface area contributed by atoms with Gasteiger partial charge in [0.15, 0.2) is 21.2 Å². The van der Waals surface area contributed by atoms with Crippen LogP contribution in [0.3, 0.4) is 0 Å². The number of allylic oxidation sites excluding steroid dienone is 2. The number of imide groups is 2. The summed E-state index contributed by atoms with van der Waals surface area (Å²) in [7, 11) is 2.71. The van der Waals surface area contributed by atoms with Crippen LogP contribution in [0.1, 0.15) is 24.3 Å². The lowest BCUT2D eigenvalue weighted by Gasteiger charge is -2.51. The first-order valence-electron chi connectivity index (χ1n) is 12.6. The van der Waals surface area contributed by atoms with Crippen molar-refractivity contribution in [2.75, 3.05) is 19.1 Å². The zero-order valence-corrected chi connectivity index (χ0v) is 27.7. The average molecular weight is 792 g/mol. The van der Waals surface area contributed by atoms with E-state index < -0.39 is 51.1 Å². The Morgan fingerprint density at radius 1 is 0.976 bits per heavy atom. The number of alkyl halides is 2. The summed E-state index contributed by atoms with van der Waals surface area (Å²) in [6.45, 7) is 0. The quantitative estimate of drug-likeness (QED) is 0.237. The number of rotatable bonds is 3. The van der Waals surface area contributed by atoms with E-state index in [2.05, 4.69) is 47.8 Å².